The van der Waals surface area contributed by atoms with Crippen molar-refractivity contribution in [3.05, 3.63) is 11.8 Å². The maximum Gasteiger partial charge on any atom is 0.220 e. The Labute approximate surface area is 125 Å². The monoisotopic (exact) mass is 295 g/mol. The van der Waals surface area contributed by atoms with Crippen LogP contribution in [0.1, 0.15) is 63.7 Å². The normalized spacial score (nSPS) is 18.6. The summed E-state index contributed by atoms with van der Waals surface area (Å²) in [6.07, 6.45) is 5.50. The zero-order valence-corrected chi connectivity index (χ0v) is 12.8. The Bertz CT molecular complexity index is 455. The summed E-state index contributed by atoms with van der Waals surface area (Å²) in [5.41, 5.74) is 0. The van der Waals surface area contributed by atoms with E-state index in [9.17, 15) is 4.79 Å². The van der Waals surface area contributed by atoms with E-state index in [0.29, 0.717) is 24.7 Å². The van der Waals surface area contributed by atoms with Gasteiger partial charge in [0.25, 0.3) is 0 Å². The Morgan fingerprint density at radius 1 is 1.38 bits per heavy atom. The SMILES string of the molecule is CC(CO)C(C)NC(=O)CCc1nnc(C2CCCC2)o1. The third-order valence-electron chi connectivity index (χ3n) is 4.28. The van der Waals surface area contributed by atoms with E-state index in [1.54, 1.807) is 0 Å². The largest absolute Gasteiger partial charge is 0.425 e. The number of nitrogens with one attached hydrogen (secondary N) is 1. The van der Waals surface area contributed by atoms with E-state index in [-0.39, 0.29) is 24.5 Å². The number of aliphatic hydroxyl groups excluding tert-OH is 1. The molecule has 2 atom stereocenters. The minimum Gasteiger partial charge on any atom is -0.425 e. The molecule has 21 heavy (non-hydrogen) atoms. The molecular weight excluding hydrogens is 270 g/mol. The lowest BCUT2D eigenvalue weighted by Gasteiger charge is -2.18. The third kappa shape index (κ3) is 4.52. The maximum atomic E-state index is 11.8. The summed E-state index contributed by atoms with van der Waals surface area (Å²) in [6.45, 7) is 3.86. The number of aryl methyl sites for hydroxylation is 1. The van der Waals surface area contributed by atoms with Crippen molar-refractivity contribution in [2.75, 3.05) is 6.61 Å². The van der Waals surface area contributed by atoms with Crippen LogP contribution in [-0.2, 0) is 11.2 Å². The zero-order valence-electron chi connectivity index (χ0n) is 12.8. The van der Waals surface area contributed by atoms with Crippen molar-refractivity contribution in [1.29, 1.82) is 0 Å². The summed E-state index contributed by atoms with van der Waals surface area (Å²) in [7, 11) is 0. The van der Waals surface area contributed by atoms with E-state index in [1.807, 2.05) is 13.8 Å². The fraction of sp³-hybridized carbons (Fsp3) is 0.800. The predicted octanol–water partition coefficient (Wildman–Crippen LogP) is 1.79. The summed E-state index contributed by atoms with van der Waals surface area (Å²) in [4.78, 5) is 11.8. The van der Waals surface area contributed by atoms with Gasteiger partial charge in [0, 0.05) is 31.4 Å². The lowest BCUT2D eigenvalue weighted by Crippen LogP contribution is -2.38. The summed E-state index contributed by atoms with van der Waals surface area (Å²) in [5.74, 6) is 1.67. The Morgan fingerprint density at radius 3 is 2.76 bits per heavy atom. The first-order valence-corrected chi connectivity index (χ1v) is 7.82. The topological polar surface area (TPSA) is 88.2 Å². The van der Waals surface area contributed by atoms with Crippen LogP contribution in [0.5, 0.6) is 0 Å². The molecule has 0 radical (unpaired) electrons. The lowest BCUT2D eigenvalue weighted by atomic mass is 10.1. The molecule has 1 saturated carbocycles. The molecule has 1 aliphatic rings. The van der Waals surface area contributed by atoms with Crippen molar-refractivity contribution in [3.63, 3.8) is 0 Å². The van der Waals surface area contributed by atoms with Crippen molar-refractivity contribution in [2.24, 2.45) is 5.92 Å². The number of carbonyl (C=O) groups is 1. The van der Waals surface area contributed by atoms with Gasteiger partial charge in [-0.05, 0) is 25.7 Å². The highest BCUT2D eigenvalue weighted by Crippen LogP contribution is 2.33. The molecule has 2 unspecified atom stereocenters. The summed E-state index contributed by atoms with van der Waals surface area (Å²) in [6, 6.07) is -0.0424. The van der Waals surface area contributed by atoms with E-state index in [1.165, 1.54) is 12.8 Å². The number of hydrogen-bond donors (Lipinski definition) is 2. The number of hydrogen-bond acceptors (Lipinski definition) is 5. The van der Waals surface area contributed by atoms with E-state index in [4.69, 9.17) is 9.52 Å². The van der Waals surface area contributed by atoms with Crippen LogP contribution in [0.2, 0.25) is 0 Å². The molecule has 0 aromatic carbocycles. The van der Waals surface area contributed by atoms with Crippen LogP contribution in [0.25, 0.3) is 0 Å². The Hall–Kier alpha value is -1.43. The standard InChI is InChI=1S/C15H25N3O3/c1-10(9-19)11(2)16-13(20)7-8-14-17-18-15(21-14)12-5-3-4-6-12/h10-12,19H,3-9H2,1-2H3,(H,16,20). The fourth-order valence-corrected chi connectivity index (χ4v) is 2.55. The smallest absolute Gasteiger partial charge is 0.220 e. The van der Waals surface area contributed by atoms with Crippen molar-refractivity contribution < 1.29 is 14.3 Å². The highest BCUT2D eigenvalue weighted by molar-refractivity contribution is 5.76. The molecule has 1 fully saturated rings. The summed E-state index contributed by atoms with van der Waals surface area (Å²) in [5, 5.41) is 20.0. The molecule has 2 N–H and O–H groups in total. The highest BCUT2D eigenvalue weighted by atomic mass is 16.4. The van der Waals surface area contributed by atoms with Gasteiger partial charge in [-0.15, -0.1) is 10.2 Å². The number of carbonyl (C=O) groups excluding carboxylic acids is 1. The number of amides is 1. The van der Waals surface area contributed by atoms with Crippen LogP contribution in [-0.4, -0.2) is 33.9 Å². The molecule has 1 heterocycles. The minimum atomic E-state index is -0.0524. The molecule has 1 aromatic heterocycles. The second-order valence-electron chi connectivity index (χ2n) is 6.03. The molecule has 118 valence electrons. The van der Waals surface area contributed by atoms with Gasteiger partial charge in [0.05, 0.1) is 0 Å². The summed E-state index contributed by atoms with van der Waals surface area (Å²) < 4.78 is 5.65. The molecule has 0 saturated heterocycles. The first kappa shape index (κ1) is 15.9. The number of nitrogens with zero attached hydrogens (tertiary/aromatic N) is 2. The van der Waals surface area contributed by atoms with Gasteiger partial charge in [-0.1, -0.05) is 19.8 Å². The van der Waals surface area contributed by atoms with Crippen molar-refractivity contribution in [2.45, 2.75) is 64.3 Å². The lowest BCUT2D eigenvalue weighted by molar-refractivity contribution is -0.122. The molecule has 2 rings (SSSR count). The molecule has 0 spiro atoms. The van der Waals surface area contributed by atoms with Gasteiger partial charge in [0.15, 0.2) is 0 Å². The molecular formula is C15H25N3O3. The van der Waals surface area contributed by atoms with Crippen LogP contribution in [0, 0.1) is 5.92 Å². The third-order valence-corrected chi connectivity index (χ3v) is 4.28. The van der Waals surface area contributed by atoms with Gasteiger partial charge in [0.2, 0.25) is 17.7 Å². The van der Waals surface area contributed by atoms with Crippen LogP contribution in [0.15, 0.2) is 4.42 Å². The minimum absolute atomic E-state index is 0.0424. The van der Waals surface area contributed by atoms with E-state index in [0.717, 1.165) is 18.7 Å². The van der Waals surface area contributed by atoms with Crippen molar-refractivity contribution in [1.82, 2.24) is 15.5 Å². The van der Waals surface area contributed by atoms with Gasteiger partial charge >= 0.3 is 0 Å². The van der Waals surface area contributed by atoms with Crippen molar-refractivity contribution in [3.8, 4) is 0 Å². The van der Waals surface area contributed by atoms with Gasteiger partial charge < -0.3 is 14.8 Å². The van der Waals surface area contributed by atoms with Gasteiger partial charge in [-0.25, -0.2) is 0 Å². The van der Waals surface area contributed by atoms with Gasteiger partial charge in [-0.2, -0.15) is 0 Å². The van der Waals surface area contributed by atoms with E-state index in [2.05, 4.69) is 15.5 Å². The van der Waals surface area contributed by atoms with E-state index >= 15 is 0 Å². The van der Waals surface area contributed by atoms with Crippen LogP contribution in [0.3, 0.4) is 0 Å². The average molecular weight is 295 g/mol. The molecule has 0 aliphatic heterocycles. The Kier molecular flexibility index (Phi) is 5.73. The molecule has 1 amide bonds. The number of rotatable bonds is 7. The molecule has 6 heteroatoms. The Morgan fingerprint density at radius 2 is 2.10 bits per heavy atom. The van der Waals surface area contributed by atoms with Crippen LogP contribution in [0.4, 0.5) is 0 Å². The summed E-state index contributed by atoms with van der Waals surface area (Å²) >= 11 is 0. The molecule has 6 nitrogen and oxygen atoms in total. The average Bonchev–Trinajstić information content (AvgIpc) is 3.14. The quantitative estimate of drug-likeness (QED) is 0.800. The zero-order chi connectivity index (χ0) is 15.2. The second-order valence-corrected chi connectivity index (χ2v) is 6.03. The Balaban J connectivity index is 1.76. The second kappa shape index (κ2) is 7.54. The first-order valence-electron chi connectivity index (χ1n) is 7.82. The highest BCUT2D eigenvalue weighted by Gasteiger charge is 2.23. The fourth-order valence-electron chi connectivity index (χ4n) is 2.55. The first-order chi connectivity index (χ1) is 10.1. The number of aromatic nitrogens is 2. The van der Waals surface area contributed by atoms with Crippen LogP contribution < -0.4 is 5.32 Å². The molecule has 0 bridgehead atoms. The van der Waals surface area contributed by atoms with Gasteiger partial charge in [-0.3, -0.25) is 4.79 Å². The van der Waals surface area contributed by atoms with Gasteiger partial charge in [0.1, 0.15) is 0 Å². The predicted molar refractivity (Wildman–Crippen MR) is 77.7 cm³/mol. The number of aliphatic hydroxyl groups is 1. The van der Waals surface area contributed by atoms with Crippen molar-refractivity contribution >= 4 is 5.91 Å². The maximum absolute atomic E-state index is 11.8. The molecule has 1 aromatic rings. The van der Waals surface area contributed by atoms with Crippen LogP contribution >= 0.6 is 0 Å². The molecule has 1 aliphatic carbocycles. The van der Waals surface area contributed by atoms with E-state index < -0.39 is 0 Å².